The average molecular weight is 282 g/mol. The number of hydrogen-bond donors (Lipinski definition) is 0. The van der Waals surface area contributed by atoms with Crippen molar-refractivity contribution in [2.45, 2.75) is 19.6 Å². The minimum atomic E-state index is -0.712. The third-order valence-corrected chi connectivity index (χ3v) is 2.99. The first kappa shape index (κ1) is 14.8. The summed E-state index contributed by atoms with van der Waals surface area (Å²) in [4.78, 5) is 24.5. The molecule has 2 aromatic rings. The van der Waals surface area contributed by atoms with Crippen LogP contribution in [-0.2, 0) is 16.1 Å². The van der Waals surface area contributed by atoms with Gasteiger partial charge in [-0.05, 0) is 24.6 Å². The fraction of sp³-hybridized carbons (Fsp3) is 0.176. The lowest BCUT2D eigenvalue weighted by Gasteiger charge is -2.24. The molecule has 0 bridgehead atoms. The van der Waals surface area contributed by atoms with Crippen LogP contribution in [0.1, 0.15) is 12.5 Å². The highest BCUT2D eigenvalue weighted by Gasteiger charge is 2.23. The molecule has 0 aromatic heterocycles. The fourth-order valence-corrected chi connectivity index (χ4v) is 1.92. The molecule has 2 rings (SSSR count). The van der Waals surface area contributed by atoms with E-state index >= 15 is 0 Å². The average Bonchev–Trinajstić information content (AvgIpc) is 2.55. The molecule has 0 fully saturated rings. The van der Waals surface area contributed by atoms with Gasteiger partial charge in [-0.25, -0.2) is 4.79 Å². The van der Waals surface area contributed by atoms with Crippen molar-refractivity contribution >= 4 is 18.1 Å². The van der Waals surface area contributed by atoms with Crippen LogP contribution >= 0.6 is 0 Å². The molecule has 4 heteroatoms. The first-order valence-electron chi connectivity index (χ1n) is 6.65. The Kier molecular flexibility index (Phi) is 5.10. The first-order chi connectivity index (χ1) is 10.2. The molecule has 0 heterocycles. The number of carbonyl (C=O) groups is 1. The molecule has 1 atom stereocenters. The van der Waals surface area contributed by atoms with Crippen LogP contribution < -0.4 is 4.90 Å². The first-order valence-corrected chi connectivity index (χ1v) is 6.65. The van der Waals surface area contributed by atoms with Crippen LogP contribution in [0.2, 0.25) is 0 Å². The molecule has 0 saturated carbocycles. The molecule has 0 aliphatic carbocycles. The van der Waals surface area contributed by atoms with E-state index in [9.17, 15) is 9.59 Å². The number of para-hydroxylation sites is 1. The molecule has 0 aliphatic heterocycles. The van der Waals surface area contributed by atoms with Gasteiger partial charge < -0.3 is 4.74 Å². The Hall–Kier alpha value is -2.62. The summed E-state index contributed by atoms with van der Waals surface area (Å²) in [5.74, 6) is 0. The van der Waals surface area contributed by atoms with Crippen molar-refractivity contribution in [2.75, 3.05) is 4.90 Å². The van der Waals surface area contributed by atoms with E-state index in [4.69, 9.17) is 4.74 Å². The molecule has 1 amide bonds. The van der Waals surface area contributed by atoms with Crippen LogP contribution in [0.3, 0.4) is 0 Å². The summed E-state index contributed by atoms with van der Waals surface area (Å²) in [6.45, 7) is 1.76. The largest absolute Gasteiger partial charge is 0.444 e. The number of hydrogen-bond acceptors (Lipinski definition) is 3. The molecule has 0 saturated heterocycles. The van der Waals surface area contributed by atoms with E-state index in [0.717, 1.165) is 5.56 Å². The van der Waals surface area contributed by atoms with Gasteiger partial charge in [0.2, 0.25) is 6.29 Å². The van der Waals surface area contributed by atoms with Gasteiger partial charge in [0, 0.05) is 5.69 Å². The SMILES string of the molecule is C[C@@H]([C]=O)N(C(=O)OCc1ccccc1)c1ccccc1. The third kappa shape index (κ3) is 3.92. The Morgan fingerprint density at radius 1 is 1.10 bits per heavy atom. The van der Waals surface area contributed by atoms with Crippen molar-refractivity contribution in [1.82, 2.24) is 0 Å². The molecular formula is C17H16NO3. The molecule has 0 N–H and O–H groups in total. The maximum absolute atomic E-state index is 12.2. The summed E-state index contributed by atoms with van der Waals surface area (Å²) in [6.07, 6.45) is 1.25. The Morgan fingerprint density at radius 3 is 2.24 bits per heavy atom. The molecule has 0 spiro atoms. The standard InChI is InChI=1S/C17H16NO3/c1-14(12-19)18(16-10-6-3-7-11-16)17(20)21-13-15-8-4-2-5-9-15/h2-11,14H,13H2,1H3/t14-/m0/s1. The zero-order valence-electron chi connectivity index (χ0n) is 11.7. The molecule has 107 valence electrons. The van der Waals surface area contributed by atoms with E-state index in [1.165, 1.54) is 4.90 Å². The Bertz CT molecular complexity index is 583. The van der Waals surface area contributed by atoms with Crippen molar-refractivity contribution in [3.05, 3.63) is 66.2 Å². The quantitative estimate of drug-likeness (QED) is 0.845. The Morgan fingerprint density at radius 2 is 1.67 bits per heavy atom. The van der Waals surface area contributed by atoms with E-state index in [0.29, 0.717) is 5.69 Å². The second kappa shape index (κ2) is 7.24. The van der Waals surface area contributed by atoms with E-state index in [1.54, 1.807) is 31.2 Å². The van der Waals surface area contributed by atoms with E-state index in [1.807, 2.05) is 42.7 Å². The highest BCUT2D eigenvalue weighted by Crippen LogP contribution is 2.17. The summed E-state index contributed by atoms with van der Waals surface area (Å²) in [5, 5.41) is 0. The van der Waals surface area contributed by atoms with Gasteiger partial charge in [0.25, 0.3) is 0 Å². The molecular weight excluding hydrogens is 266 g/mol. The van der Waals surface area contributed by atoms with Gasteiger partial charge in [-0.1, -0.05) is 48.5 Å². The normalized spacial score (nSPS) is 11.5. The van der Waals surface area contributed by atoms with Gasteiger partial charge in [0.15, 0.2) is 0 Å². The number of benzene rings is 2. The number of carbonyl (C=O) groups excluding carboxylic acids is 2. The topological polar surface area (TPSA) is 46.6 Å². The Balaban J connectivity index is 2.10. The summed E-state index contributed by atoms with van der Waals surface area (Å²) in [5.41, 5.74) is 1.49. The van der Waals surface area contributed by atoms with Crippen molar-refractivity contribution < 1.29 is 14.3 Å². The second-order valence-electron chi connectivity index (χ2n) is 4.54. The number of amides is 1. The second-order valence-corrected chi connectivity index (χ2v) is 4.54. The third-order valence-electron chi connectivity index (χ3n) is 2.99. The van der Waals surface area contributed by atoms with Gasteiger partial charge in [-0.15, -0.1) is 0 Å². The minimum Gasteiger partial charge on any atom is -0.444 e. The van der Waals surface area contributed by atoms with Gasteiger partial charge in [0.1, 0.15) is 12.6 Å². The Labute approximate surface area is 124 Å². The predicted molar refractivity (Wildman–Crippen MR) is 80.7 cm³/mol. The van der Waals surface area contributed by atoms with E-state index < -0.39 is 12.1 Å². The van der Waals surface area contributed by atoms with Crippen LogP contribution in [0.4, 0.5) is 10.5 Å². The van der Waals surface area contributed by atoms with Crippen molar-refractivity contribution in [2.24, 2.45) is 0 Å². The molecule has 0 aliphatic rings. The lowest BCUT2D eigenvalue weighted by atomic mass is 10.2. The zero-order valence-corrected chi connectivity index (χ0v) is 11.7. The number of ether oxygens (including phenoxy) is 1. The monoisotopic (exact) mass is 282 g/mol. The summed E-state index contributed by atoms with van der Waals surface area (Å²) < 4.78 is 5.28. The molecule has 2 aromatic carbocycles. The van der Waals surface area contributed by atoms with Gasteiger partial charge in [-0.2, -0.15) is 0 Å². The summed E-state index contributed by atoms with van der Waals surface area (Å²) in [6, 6.07) is 17.6. The molecule has 1 radical (unpaired) electrons. The van der Waals surface area contributed by atoms with Crippen LogP contribution in [0.25, 0.3) is 0 Å². The van der Waals surface area contributed by atoms with Crippen molar-refractivity contribution in [1.29, 1.82) is 0 Å². The predicted octanol–water partition coefficient (Wildman–Crippen LogP) is 3.33. The van der Waals surface area contributed by atoms with E-state index in [2.05, 4.69) is 0 Å². The lowest BCUT2D eigenvalue weighted by molar-refractivity contribution is 0.146. The zero-order chi connectivity index (χ0) is 15.1. The van der Waals surface area contributed by atoms with Crippen LogP contribution in [0.15, 0.2) is 60.7 Å². The smallest absolute Gasteiger partial charge is 0.415 e. The maximum Gasteiger partial charge on any atom is 0.415 e. The molecule has 21 heavy (non-hydrogen) atoms. The molecule has 4 nitrogen and oxygen atoms in total. The maximum atomic E-state index is 12.2. The van der Waals surface area contributed by atoms with Gasteiger partial charge >= 0.3 is 6.09 Å². The summed E-state index contributed by atoms with van der Waals surface area (Å²) in [7, 11) is 0. The van der Waals surface area contributed by atoms with Crippen LogP contribution in [0.5, 0.6) is 0 Å². The van der Waals surface area contributed by atoms with E-state index in [-0.39, 0.29) is 6.61 Å². The highest BCUT2D eigenvalue weighted by molar-refractivity contribution is 5.92. The van der Waals surface area contributed by atoms with Crippen molar-refractivity contribution in [3.63, 3.8) is 0 Å². The lowest BCUT2D eigenvalue weighted by Crippen LogP contribution is -2.40. The molecule has 0 unspecified atom stereocenters. The fourth-order valence-electron chi connectivity index (χ4n) is 1.92. The van der Waals surface area contributed by atoms with Gasteiger partial charge in [0.05, 0.1) is 0 Å². The number of anilines is 1. The minimum absolute atomic E-state index is 0.161. The van der Waals surface area contributed by atoms with Crippen LogP contribution in [-0.4, -0.2) is 18.4 Å². The van der Waals surface area contributed by atoms with Crippen LogP contribution in [0, 0.1) is 0 Å². The van der Waals surface area contributed by atoms with Crippen molar-refractivity contribution in [3.8, 4) is 0 Å². The van der Waals surface area contributed by atoms with Gasteiger partial charge in [-0.3, -0.25) is 9.69 Å². The number of nitrogens with zero attached hydrogens (tertiary/aromatic N) is 1. The highest BCUT2D eigenvalue weighted by atomic mass is 16.6. The number of rotatable bonds is 5. The summed E-state index contributed by atoms with van der Waals surface area (Å²) >= 11 is 0.